The Hall–Kier alpha value is -1.08. The van der Waals surface area contributed by atoms with Crippen LogP contribution in [-0.2, 0) is 6.42 Å². The van der Waals surface area contributed by atoms with Crippen LogP contribution in [0.2, 0.25) is 0 Å². The Morgan fingerprint density at radius 1 is 1.09 bits per heavy atom. The van der Waals surface area contributed by atoms with E-state index in [1.165, 1.54) is 5.56 Å². The van der Waals surface area contributed by atoms with E-state index >= 15 is 0 Å². The van der Waals surface area contributed by atoms with E-state index in [1.807, 2.05) is 24.3 Å². The van der Waals surface area contributed by atoms with E-state index in [4.69, 9.17) is 5.73 Å². The van der Waals surface area contributed by atoms with Gasteiger partial charge in [0.25, 0.3) is 0 Å². The highest BCUT2D eigenvalue weighted by Crippen LogP contribution is 1.99. The van der Waals surface area contributed by atoms with Crippen LogP contribution < -0.4 is 5.73 Å². The maximum absolute atomic E-state index is 5.31. The number of benzene rings is 1. The summed E-state index contributed by atoms with van der Waals surface area (Å²) in [7, 11) is 0. The average Bonchev–Trinajstić information content (AvgIpc) is 2.07. The summed E-state index contributed by atoms with van der Waals surface area (Å²) in [6.45, 7) is 0.632. The third-order valence-electron chi connectivity index (χ3n) is 1.50. The van der Waals surface area contributed by atoms with E-state index in [-0.39, 0.29) is 0 Å². The third kappa shape index (κ3) is 3.01. The summed E-state index contributed by atoms with van der Waals surface area (Å²) >= 11 is 0. The summed E-state index contributed by atoms with van der Waals surface area (Å²) in [6, 6.07) is 10.3. The molecule has 1 rings (SSSR count). The third-order valence-corrected chi connectivity index (χ3v) is 1.50. The zero-order valence-corrected chi connectivity index (χ0v) is 6.53. The molecule has 0 atom stereocenters. The molecule has 58 valence electrons. The summed E-state index contributed by atoms with van der Waals surface area (Å²) in [5, 5.41) is 0. The second kappa shape index (κ2) is 4.69. The normalized spacial score (nSPS) is 10.6. The minimum Gasteiger partial charge on any atom is -0.327 e. The van der Waals surface area contributed by atoms with E-state index in [1.54, 1.807) is 0 Å². The first-order chi connectivity index (χ1) is 5.43. The van der Waals surface area contributed by atoms with Crippen molar-refractivity contribution in [2.75, 3.05) is 6.54 Å². The highest BCUT2D eigenvalue weighted by atomic mass is 14.5. The summed E-state index contributed by atoms with van der Waals surface area (Å²) in [6.07, 6.45) is 5.06. The topological polar surface area (TPSA) is 26.0 Å². The number of rotatable bonds is 3. The molecule has 0 saturated heterocycles. The molecule has 0 bridgehead atoms. The van der Waals surface area contributed by atoms with Gasteiger partial charge < -0.3 is 5.73 Å². The van der Waals surface area contributed by atoms with Gasteiger partial charge in [-0.15, -0.1) is 0 Å². The van der Waals surface area contributed by atoms with E-state index in [9.17, 15) is 0 Å². The van der Waals surface area contributed by atoms with Crippen molar-refractivity contribution in [3.8, 4) is 0 Å². The molecule has 0 unspecified atom stereocenters. The zero-order valence-electron chi connectivity index (χ0n) is 6.53. The second-order valence-electron chi connectivity index (χ2n) is 2.40. The molecular formula is C10H13N. The monoisotopic (exact) mass is 147 g/mol. The molecule has 0 aliphatic heterocycles. The minimum atomic E-state index is 0.632. The van der Waals surface area contributed by atoms with Gasteiger partial charge in [0.2, 0.25) is 0 Å². The van der Waals surface area contributed by atoms with Gasteiger partial charge in [-0.05, 0) is 12.0 Å². The highest BCUT2D eigenvalue weighted by molar-refractivity contribution is 5.17. The molecule has 0 aliphatic rings. The van der Waals surface area contributed by atoms with Crippen molar-refractivity contribution in [2.24, 2.45) is 5.73 Å². The van der Waals surface area contributed by atoms with Gasteiger partial charge in [0, 0.05) is 6.54 Å². The lowest BCUT2D eigenvalue weighted by Crippen LogP contribution is -1.92. The van der Waals surface area contributed by atoms with E-state index in [2.05, 4.69) is 18.2 Å². The van der Waals surface area contributed by atoms with Gasteiger partial charge in [-0.25, -0.2) is 0 Å². The van der Waals surface area contributed by atoms with E-state index < -0.39 is 0 Å². The van der Waals surface area contributed by atoms with Gasteiger partial charge in [-0.2, -0.15) is 0 Å². The molecule has 0 aromatic heterocycles. The van der Waals surface area contributed by atoms with Gasteiger partial charge in [0.15, 0.2) is 0 Å². The van der Waals surface area contributed by atoms with E-state index in [0.717, 1.165) is 6.42 Å². The summed E-state index contributed by atoms with van der Waals surface area (Å²) in [5.74, 6) is 0. The van der Waals surface area contributed by atoms with Crippen molar-refractivity contribution in [3.63, 3.8) is 0 Å². The van der Waals surface area contributed by atoms with Crippen LogP contribution in [0.5, 0.6) is 0 Å². The van der Waals surface area contributed by atoms with Crippen molar-refractivity contribution in [1.82, 2.24) is 0 Å². The molecule has 0 spiro atoms. The maximum Gasteiger partial charge on any atom is 0.0106 e. The van der Waals surface area contributed by atoms with Crippen LogP contribution in [0.4, 0.5) is 0 Å². The van der Waals surface area contributed by atoms with Crippen LogP contribution in [0.3, 0.4) is 0 Å². The average molecular weight is 147 g/mol. The number of allylic oxidation sites excluding steroid dienone is 1. The summed E-state index contributed by atoms with van der Waals surface area (Å²) in [4.78, 5) is 0. The molecule has 1 aromatic rings. The fourth-order valence-electron chi connectivity index (χ4n) is 0.930. The molecule has 2 N–H and O–H groups in total. The first kappa shape index (κ1) is 8.02. The van der Waals surface area contributed by atoms with Gasteiger partial charge in [-0.3, -0.25) is 0 Å². The Morgan fingerprint density at radius 3 is 2.45 bits per heavy atom. The minimum absolute atomic E-state index is 0.632. The van der Waals surface area contributed by atoms with Gasteiger partial charge in [0.1, 0.15) is 0 Å². The lowest BCUT2D eigenvalue weighted by Gasteiger charge is -1.92. The van der Waals surface area contributed by atoms with Crippen LogP contribution in [0, 0.1) is 0 Å². The number of nitrogens with two attached hydrogens (primary N) is 1. The molecule has 1 nitrogen and oxygen atoms in total. The predicted octanol–water partition coefficient (Wildman–Crippen LogP) is 1.74. The van der Waals surface area contributed by atoms with Crippen LogP contribution in [0.1, 0.15) is 5.56 Å². The van der Waals surface area contributed by atoms with E-state index in [0.29, 0.717) is 6.54 Å². The van der Waals surface area contributed by atoms with Crippen LogP contribution in [-0.4, -0.2) is 6.54 Å². The smallest absolute Gasteiger partial charge is 0.0106 e. The predicted molar refractivity (Wildman–Crippen MR) is 48.3 cm³/mol. The summed E-state index contributed by atoms with van der Waals surface area (Å²) in [5.41, 5.74) is 6.64. The highest BCUT2D eigenvalue weighted by Gasteiger charge is 1.83. The molecule has 1 heteroatoms. The van der Waals surface area contributed by atoms with Gasteiger partial charge in [0.05, 0.1) is 0 Å². The Kier molecular flexibility index (Phi) is 3.42. The molecule has 0 amide bonds. The molecule has 0 saturated carbocycles. The lowest BCUT2D eigenvalue weighted by molar-refractivity contribution is 1.20. The fourth-order valence-corrected chi connectivity index (χ4v) is 0.930. The number of hydrogen-bond donors (Lipinski definition) is 1. The Bertz CT molecular complexity index is 214. The first-order valence-electron chi connectivity index (χ1n) is 3.82. The number of hydrogen-bond acceptors (Lipinski definition) is 1. The molecule has 0 heterocycles. The zero-order chi connectivity index (χ0) is 7.94. The standard InChI is InChI=1S/C10H13N/c11-9-5-4-8-10-6-2-1-3-7-10/h1-7H,8-9,11H2. The maximum atomic E-state index is 5.31. The van der Waals surface area contributed by atoms with Crippen LogP contribution in [0.15, 0.2) is 42.5 Å². The SMILES string of the molecule is NCC=CCc1ccccc1. The Labute approximate surface area is 67.5 Å². The van der Waals surface area contributed by atoms with Gasteiger partial charge in [-0.1, -0.05) is 42.5 Å². The first-order valence-corrected chi connectivity index (χ1v) is 3.82. The van der Waals surface area contributed by atoms with Crippen LogP contribution >= 0.6 is 0 Å². The molecule has 0 fully saturated rings. The summed E-state index contributed by atoms with van der Waals surface area (Å²) < 4.78 is 0. The molecule has 0 aliphatic carbocycles. The van der Waals surface area contributed by atoms with Gasteiger partial charge >= 0.3 is 0 Å². The quantitative estimate of drug-likeness (QED) is 0.647. The fraction of sp³-hybridized carbons (Fsp3) is 0.200. The molecular weight excluding hydrogens is 134 g/mol. The second-order valence-corrected chi connectivity index (χ2v) is 2.40. The van der Waals surface area contributed by atoms with Crippen molar-refractivity contribution in [1.29, 1.82) is 0 Å². The molecule has 1 aromatic carbocycles. The molecule has 0 radical (unpaired) electrons. The van der Waals surface area contributed by atoms with Crippen molar-refractivity contribution < 1.29 is 0 Å². The lowest BCUT2D eigenvalue weighted by atomic mass is 10.1. The Balaban J connectivity index is 2.45. The Morgan fingerprint density at radius 2 is 1.82 bits per heavy atom. The van der Waals surface area contributed by atoms with Crippen LogP contribution in [0.25, 0.3) is 0 Å². The largest absolute Gasteiger partial charge is 0.327 e. The van der Waals surface area contributed by atoms with Crippen molar-refractivity contribution >= 4 is 0 Å². The molecule has 11 heavy (non-hydrogen) atoms. The van der Waals surface area contributed by atoms with Crippen molar-refractivity contribution in [3.05, 3.63) is 48.0 Å². The van der Waals surface area contributed by atoms with Crippen molar-refractivity contribution in [2.45, 2.75) is 6.42 Å².